The van der Waals surface area contributed by atoms with Gasteiger partial charge in [-0.2, -0.15) is 0 Å². The van der Waals surface area contributed by atoms with Crippen molar-refractivity contribution in [2.45, 2.75) is 12.7 Å². The molecule has 1 atom stereocenters. The third-order valence-electron chi connectivity index (χ3n) is 2.49. The summed E-state index contributed by atoms with van der Waals surface area (Å²) < 4.78 is 9.91. The van der Waals surface area contributed by atoms with Crippen LogP contribution in [0.15, 0.2) is 35.9 Å². The summed E-state index contributed by atoms with van der Waals surface area (Å²) in [5.41, 5.74) is 0.900. The summed E-state index contributed by atoms with van der Waals surface area (Å²) in [6.45, 7) is 1.60. The minimum Gasteiger partial charge on any atom is -0.497 e. The van der Waals surface area contributed by atoms with Crippen LogP contribution in [0.4, 0.5) is 0 Å². The molecule has 0 aromatic heterocycles. The lowest BCUT2D eigenvalue weighted by Crippen LogP contribution is -2.24. The van der Waals surface area contributed by atoms with Crippen molar-refractivity contribution in [1.82, 2.24) is 0 Å². The van der Waals surface area contributed by atoms with Crippen LogP contribution in [0.25, 0.3) is 0 Å². The minimum absolute atomic E-state index is 0.401. The maximum absolute atomic E-state index is 11.2. The molecule has 1 N–H and O–H groups in total. The minimum atomic E-state index is -1.65. The van der Waals surface area contributed by atoms with Gasteiger partial charge in [-0.05, 0) is 31.2 Å². The number of ether oxygens (including phenoxy) is 2. The fourth-order valence-electron chi connectivity index (χ4n) is 1.58. The standard InChI is InChI=1S/C12H12O4/c1-8-7-12(14,16-11(8)13)9-3-5-10(15-2)6-4-9/h3-7,14H,1-2H3. The molecular weight excluding hydrogens is 208 g/mol. The van der Waals surface area contributed by atoms with Crippen LogP contribution in [0.5, 0.6) is 5.75 Å². The number of benzene rings is 1. The summed E-state index contributed by atoms with van der Waals surface area (Å²) >= 11 is 0. The number of rotatable bonds is 2. The van der Waals surface area contributed by atoms with E-state index in [-0.39, 0.29) is 0 Å². The van der Waals surface area contributed by atoms with Gasteiger partial charge in [0.2, 0.25) is 0 Å². The Morgan fingerprint density at radius 1 is 1.31 bits per heavy atom. The van der Waals surface area contributed by atoms with Gasteiger partial charge in [-0.3, -0.25) is 0 Å². The van der Waals surface area contributed by atoms with Crippen molar-refractivity contribution < 1.29 is 19.4 Å². The molecule has 1 unspecified atom stereocenters. The molecule has 0 spiro atoms. The van der Waals surface area contributed by atoms with E-state index < -0.39 is 11.8 Å². The molecule has 16 heavy (non-hydrogen) atoms. The second kappa shape index (κ2) is 3.64. The van der Waals surface area contributed by atoms with Gasteiger partial charge in [0.1, 0.15) is 5.75 Å². The van der Waals surface area contributed by atoms with Crippen molar-refractivity contribution >= 4 is 5.97 Å². The SMILES string of the molecule is COc1ccc(C2(O)C=C(C)C(=O)O2)cc1. The number of carbonyl (C=O) groups is 1. The molecule has 0 bridgehead atoms. The van der Waals surface area contributed by atoms with Crippen molar-refractivity contribution in [2.24, 2.45) is 0 Å². The van der Waals surface area contributed by atoms with Gasteiger partial charge >= 0.3 is 5.97 Å². The Morgan fingerprint density at radius 2 is 1.94 bits per heavy atom. The number of aliphatic hydroxyl groups is 1. The molecule has 0 amide bonds. The molecule has 1 aliphatic heterocycles. The van der Waals surface area contributed by atoms with E-state index in [1.165, 1.54) is 6.08 Å². The van der Waals surface area contributed by atoms with Crippen molar-refractivity contribution in [1.29, 1.82) is 0 Å². The molecule has 84 valence electrons. The smallest absolute Gasteiger partial charge is 0.336 e. The van der Waals surface area contributed by atoms with E-state index in [2.05, 4.69) is 0 Å². The van der Waals surface area contributed by atoms with E-state index in [1.807, 2.05) is 0 Å². The van der Waals surface area contributed by atoms with Crippen LogP contribution in [0.2, 0.25) is 0 Å². The summed E-state index contributed by atoms with van der Waals surface area (Å²) in [6, 6.07) is 6.70. The summed E-state index contributed by atoms with van der Waals surface area (Å²) in [5, 5.41) is 10.1. The predicted octanol–water partition coefficient (Wildman–Crippen LogP) is 1.34. The van der Waals surface area contributed by atoms with Crippen LogP contribution < -0.4 is 4.74 Å². The Morgan fingerprint density at radius 3 is 2.38 bits per heavy atom. The highest BCUT2D eigenvalue weighted by Gasteiger charge is 2.38. The molecular formula is C12H12O4. The molecule has 4 nitrogen and oxygen atoms in total. The molecule has 0 aliphatic carbocycles. The Balaban J connectivity index is 2.34. The fourth-order valence-corrected chi connectivity index (χ4v) is 1.58. The second-order valence-corrected chi connectivity index (χ2v) is 3.64. The number of esters is 1. The molecule has 1 aromatic carbocycles. The summed E-state index contributed by atoms with van der Waals surface area (Å²) in [7, 11) is 1.56. The number of cyclic esters (lactones) is 1. The fraction of sp³-hybridized carbons (Fsp3) is 0.250. The maximum atomic E-state index is 11.2. The molecule has 1 aromatic rings. The number of carbonyl (C=O) groups excluding carboxylic acids is 1. The molecule has 1 heterocycles. The quantitative estimate of drug-likeness (QED) is 0.764. The average molecular weight is 220 g/mol. The maximum Gasteiger partial charge on any atom is 0.336 e. The molecule has 0 fully saturated rings. The van der Waals surface area contributed by atoms with Crippen LogP contribution in [0, 0.1) is 0 Å². The first-order chi connectivity index (χ1) is 7.55. The van der Waals surface area contributed by atoms with E-state index in [1.54, 1.807) is 38.3 Å². The van der Waals surface area contributed by atoms with E-state index in [4.69, 9.17) is 9.47 Å². The first-order valence-electron chi connectivity index (χ1n) is 4.85. The van der Waals surface area contributed by atoms with Crippen molar-refractivity contribution in [3.63, 3.8) is 0 Å². The average Bonchev–Trinajstić information content (AvgIpc) is 2.54. The van der Waals surface area contributed by atoms with Gasteiger partial charge in [0, 0.05) is 17.2 Å². The molecule has 4 heteroatoms. The molecule has 0 saturated carbocycles. The molecule has 1 aliphatic rings. The third-order valence-corrected chi connectivity index (χ3v) is 2.49. The van der Waals surface area contributed by atoms with Crippen molar-refractivity contribution in [2.75, 3.05) is 7.11 Å². The predicted molar refractivity (Wildman–Crippen MR) is 56.7 cm³/mol. The van der Waals surface area contributed by atoms with E-state index in [0.29, 0.717) is 16.9 Å². The normalized spacial score (nSPS) is 23.9. The lowest BCUT2D eigenvalue weighted by molar-refractivity contribution is -0.182. The monoisotopic (exact) mass is 220 g/mol. The summed E-state index contributed by atoms with van der Waals surface area (Å²) in [4.78, 5) is 11.2. The van der Waals surface area contributed by atoms with Gasteiger partial charge in [0.05, 0.1) is 7.11 Å². The summed E-state index contributed by atoms with van der Waals surface area (Å²) in [5.74, 6) is -1.47. The van der Waals surface area contributed by atoms with Crippen LogP contribution in [-0.2, 0) is 15.3 Å². The Bertz CT molecular complexity index is 447. The van der Waals surface area contributed by atoms with Crippen LogP contribution >= 0.6 is 0 Å². The highest BCUT2D eigenvalue weighted by atomic mass is 16.7. The molecule has 2 rings (SSSR count). The van der Waals surface area contributed by atoms with E-state index in [0.717, 1.165) is 0 Å². The topological polar surface area (TPSA) is 55.8 Å². The van der Waals surface area contributed by atoms with Crippen LogP contribution in [-0.4, -0.2) is 18.2 Å². The number of methoxy groups -OCH3 is 1. The highest BCUT2D eigenvalue weighted by Crippen LogP contribution is 2.32. The van der Waals surface area contributed by atoms with Crippen molar-refractivity contribution in [3.8, 4) is 5.75 Å². The van der Waals surface area contributed by atoms with Crippen molar-refractivity contribution in [3.05, 3.63) is 41.5 Å². The van der Waals surface area contributed by atoms with E-state index >= 15 is 0 Å². The zero-order chi connectivity index (χ0) is 11.8. The Labute approximate surface area is 93.1 Å². The van der Waals surface area contributed by atoms with Gasteiger partial charge in [-0.15, -0.1) is 0 Å². The van der Waals surface area contributed by atoms with Crippen LogP contribution in [0.1, 0.15) is 12.5 Å². The van der Waals surface area contributed by atoms with Gasteiger partial charge < -0.3 is 14.6 Å². The number of hydrogen-bond acceptors (Lipinski definition) is 4. The lowest BCUT2D eigenvalue weighted by Gasteiger charge is -2.19. The van der Waals surface area contributed by atoms with Gasteiger partial charge in [0.15, 0.2) is 0 Å². The second-order valence-electron chi connectivity index (χ2n) is 3.64. The third kappa shape index (κ3) is 1.67. The zero-order valence-corrected chi connectivity index (χ0v) is 9.06. The first kappa shape index (κ1) is 10.7. The lowest BCUT2D eigenvalue weighted by atomic mass is 10.1. The van der Waals surface area contributed by atoms with Crippen LogP contribution in [0.3, 0.4) is 0 Å². The highest BCUT2D eigenvalue weighted by molar-refractivity contribution is 5.90. The van der Waals surface area contributed by atoms with Gasteiger partial charge in [0.25, 0.3) is 5.79 Å². The number of hydrogen-bond donors (Lipinski definition) is 1. The Kier molecular flexibility index (Phi) is 2.44. The zero-order valence-electron chi connectivity index (χ0n) is 9.06. The molecule has 0 radical (unpaired) electrons. The Hall–Kier alpha value is -1.81. The first-order valence-corrected chi connectivity index (χ1v) is 4.85. The summed E-state index contributed by atoms with van der Waals surface area (Å²) in [6.07, 6.45) is 1.40. The van der Waals surface area contributed by atoms with Gasteiger partial charge in [-0.1, -0.05) is 0 Å². The largest absolute Gasteiger partial charge is 0.497 e. The molecule has 0 saturated heterocycles. The van der Waals surface area contributed by atoms with E-state index in [9.17, 15) is 9.90 Å². The van der Waals surface area contributed by atoms with Gasteiger partial charge in [-0.25, -0.2) is 4.79 Å².